The van der Waals surface area contributed by atoms with Crippen molar-refractivity contribution in [3.05, 3.63) is 54.4 Å². The second kappa shape index (κ2) is 6.79. The number of benzene rings is 1. The van der Waals surface area contributed by atoms with Gasteiger partial charge < -0.3 is 15.7 Å². The summed E-state index contributed by atoms with van der Waals surface area (Å²) >= 11 is 0. The topological polar surface area (TPSA) is 70.1 Å². The molecule has 1 aromatic carbocycles. The van der Waals surface area contributed by atoms with E-state index in [-0.39, 0.29) is 6.04 Å². The Labute approximate surface area is 153 Å². The summed E-state index contributed by atoms with van der Waals surface area (Å²) in [7, 11) is 0. The summed E-state index contributed by atoms with van der Waals surface area (Å²) in [5.41, 5.74) is 1.19. The molecule has 5 nitrogen and oxygen atoms in total. The van der Waals surface area contributed by atoms with Crippen molar-refractivity contribution in [3.8, 4) is 11.1 Å². The highest BCUT2D eigenvalue weighted by Crippen LogP contribution is 2.34. The number of hydrogen-bond acceptors (Lipinski definition) is 5. The lowest BCUT2D eigenvalue weighted by atomic mass is 10.0. The fourth-order valence-electron chi connectivity index (χ4n) is 3.22. The number of β-amino-alcohol motifs (C(OH)–C–C–N with tert-alkyl or cyclic N) is 1. The van der Waals surface area contributed by atoms with Crippen LogP contribution >= 0.6 is 0 Å². The number of pyridine rings is 2. The molecule has 1 fully saturated rings. The first-order valence-electron chi connectivity index (χ1n) is 8.50. The van der Waals surface area contributed by atoms with Gasteiger partial charge in [0.15, 0.2) is 0 Å². The van der Waals surface area contributed by atoms with Gasteiger partial charge in [-0.1, -0.05) is 12.1 Å². The van der Waals surface area contributed by atoms with Gasteiger partial charge in [-0.05, 0) is 29.8 Å². The van der Waals surface area contributed by atoms with Crippen molar-refractivity contribution in [1.82, 2.24) is 15.3 Å². The van der Waals surface area contributed by atoms with Crippen LogP contribution in [0.1, 0.15) is 5.56 Å². The molecule has 1 saturated heterocycles. The molecule has 0 aliphatic carbocycles. The summed E-state index contributed by atoms with van der Waals surface area (Å²) in [6.07, 6.45) is -1.67. The number of halogens is 3. The normalized spacial score (nSPS) is 20.1. The zero-order chi connectivity index (χ0) is 19.0. The molecule has 0 radical (unpaired) electrons. The van der Waals surface area contributed by atoms with E-state index in [0.29, 0.717) is 35.6 Å². The summed E-state index contributed by atoms with van der Waals surface area (Å²) in [4.78, 5) is 8.84. The van der Waals surface area contributed by atoms with Gasteiger partial charge in [-0.25, -0.2) is 4.98 Å². The summed E-state index contributed by atoms with van der Waals surface area (Å²) < 4.78 is 38.4. The highest BCUT2D eigenvalue weighted by molar-refractivity contribution is 5.99. The predicted molar refractivity (Wildman–Crippen MR) is 96.3 cm³/mol. The van der Waals surface area contributed by atoms with Crippen LogP contribution in [0.4, 0.5) is 19.0 Å². The second-order valence-electron chi connectivity index (χ2n) is 6.47. The molecule has 2 atom stereocenters. The number of fused-ring (bicyclic) bond motifs is 1. The van der Waals surface area contributed by atoms with Crippen LogP contribution in [-0.2, 0) is 6.18 Å². The number of aliphatic hydroxyl groups excluding tert-OH is 1. The number of rotatable bonds is 3. The molecule has 0 bridgehead atoms. The molecule has 27 heavy (non-hydrogen) atoms. The standard InChI is InChI=1S/C19H17F3N4O/c20-19(21,22)12-5-3-11(4-6-12)14-8-25-18(13-2-1-7-24-17(13)14)26-15-9-23-10-16(15)27/h1-8,15-16,23,27H,9-10H2,(H,25,26)/t15-,16+/m1/s1. The van der Waals surface area contributed by atoms with Gasteiger partial charge in [-0.3, -0.25) is 4.98 Å². The van der Waals surface area contributed by atoms with E-state index in [1.807, 2.05) is 6.07 Å². The van der Waals surface area contributed by atoms with E-state index < -0.39 is 17.8 Å². The number of nitrogens with zero attached hydrogens (tertiary/aromatic N) is 2. The van der Waals surface area contributed by atoms with E-state index in [1.165, 1.54) is 12.1 Å². The Bertz CT molecular complexity index is 959. The zero-order valence-corrected chi connectivity index (χ0v) is 14.2. The fraction of sp³-hybridized carbons (Fsp3) is 0.263. The van der Waals surface area contributed by atoms with Crippen molar-refractivity contribution in [2.24, 2.45) is 0 Å². The van der Waals surface area contributed by atoms with E-state index in [1.54, 1.807) is 18.5 Å². The van der Waals surface area contributed by atoms with E-state index in [2.05, 4.69) is 20.6 Å². The molecular weight excluding hydrogens is 357 g/mol. The fourth-order valence-corrected chi connectivity index (χ4v) is 3.22. The zero-order valence-electron chi connectivity index (χ0n) is 14.2. The van der Waals surface area contributed by atoms with Crippen LogP contribution in [0.2, 0.25) is 0 Å². The van der Waals surface area contributed by atoms with Gasteiger partial charge in [0.1, 0.15) is 5.82 Å². The van der Waals surface area contributed by atoms with Gasteiger partial charge in [-0.15, -0.1) is 0 Å². The molecule has 2 aromatic heterocycles. The minimum atomic E-state index is -4.37. The Morgan fingerprint density at radius 3 is 2.52 bits per heavy atom. The largest absolute Gasteiger partial charge is 0.416 e. The predicted octanol–water partition coefficient (Wildman–Crippen LogP) is 3.06. The molecule has 140 valence electrons. The van der Waals surface area contributed by atoms with E-state index in [4.69, 9.17) is 0 Å². The quantitative estimate of drug-likeness (QED) is 0.657. The lowest BCUT2D eigenvalue weighted by Gasteiger charge is -2.18. The number of anilines is 1. The van der Waals surface area contributed by atoms with Crippen molar-refractivity contribution >= 4 is 16.7 Å². The van der Waals surface area contributed by atoms with E-state index >= 15 is 0 Å². The van der Waals surface area contributed by atoms with Crippen LogP contribution in [0.25, 0.3) is 22.0 Å². The summed E-state index contributed by atoms with van der Waals surface area (Å²) in [6.45, 7) is 1.13. The third-order valence-electron chi connectivity index (χ3n) is 4.67. The van der Waals surface area contributed by atoms with Crippen LogP contribution in [-0.4, -0.2) is 40.3 Å². The number of aromatic nitrogens is 2. The van der Waals surface area contributed by atoms with Gasteiger partial charge in [-0.2, -0.15) is 13.2 Å². The summed E-state index contributed by atoms with van der Waals surface area (Å²) in [5, 5.41) is 17.1. The van der Waals surface area contributed by atoms with Crippen molar-refractivity contribution in [3.63, 3.8) is 0 Å². The van der Waals surface area contributed by atoms with Crippen molar-refractivity contribution in [2.45, 2.75) is 18.3 Å². The maximum atomic E-state index is 12.8. The minimum absolute atomic E-state index is 0.169. The number of nitrogens with one attached hydrogen (secondary N) is 2. The molecule has 3 aromatic rings. The summed E-state index contributed by atoms with van der Waals surface area (Å²) in [6, 6.07) is 8.40. The van der Waals surface area contributed by atoms with Gasteiger partial charge >= 0.3 is 6.18 Å². The minimum Gasteiger partial charge on any atom is -0.390 e. The molecule has 4 rings (SSSR count). The number of aliphatic hydroxyl groups is 1. The Hall–Kier alpha value is -2.71. The van der Waals surface area contributed by atoms with Gasteiger partial charge in [0.25, 0.3) is 0 Å². The SMILES string of the molecule is O[C@H]1CNC[C@H]1Nc1ncc(-c2ccc(C(F)(F)F)cc2)c2ncccc12. The van der Waals surface area contributed by atoms with Crippen LogP contribution in [0.15, 0.2) is 48.8 Å². The van der Waals surface area contributed by atoms with Gasteiger partial charge in [0, 0.05) is 36.4 Å². The lowest BCUT2D eigenvalue weighted by molar-refractivity contribution is -0.137. The average Bonchev–Trinajstić information content (AvgIpc) is 3.06. The van der Waals surface area contributed by atoms with Crippen LogP contribution in [0, 0.1) is 0 Å². The molecule has 0 saturated carbocycles. The Kier molecular flexibility index (Phi) is 4.45. The van der Waals surface area contributed by atoms with Crippen molar-refractivity contribution in [1.29, 1.82) is 0 Å². The van der Waals surface area contributed by atoms with E-state index in [9.17, 15) is 18.3 Å². The Morgan fingerprint density at radius 1 is 1.07 bits per heavy atom. The lowest BCUT2D eigenvalue weighted by Crippen LogP contribution is -2.32. The first-order chi connectivity index (χ1) is 12.9. The van der Waals surface area contributed by atoms with Crippen molar-refractivity contribution < 1.29 is 18.3 Å². The maximum Gasteiger partial charge on any atom is 0.416 e. The molecule has 8 heteroatoms. The van der Waals surface area contributed by atoms with Crippen molar-refractivity contribution in [2.75, 3.05) is 18.4 Å². The Morgan fingerprint density at radius 2 is 1.85 bits per heavy atom. The third-order valence-corrected chi connectivity index (χ3v) is 4.67. The highest BCUT2D eigenvalue weighted by atomic mass is 19.4. The second-order valence-corrected chi connectivity index (χ2v) is 6.47. The molecule has 0 unspecified atom stereocenters. The highest BCUT2D eigenvalue weighted by Gasteiger charge is 2.30. The van der Waals surface area contributed by atoms with Crippen LogP contribution < -0.4 is 10.6 Å². The monoisotopic (exact) mass is 374 g/mol. The average molecular weight is 374 g/mol. The van der Waals surface area contributed by atoms with Gasteiger partial charge in [0.05, 0.1) is 23.2 Å². The molecule has 0 amide bonds. The van der Waals surface area contributed by atoms with Crippen LogP contribution in [0.3, 0.4) is 0 Å². The third kappa shape index (κ3) is 3.45. The van der Waals surface area contributed by atoms with Gasteiger partial charge in [0.2, 0.25) is 0 Å². The number of hydrogen-bond donors (Lipinski definition) is 3. The van der Waals surface area contributed by atoms with E-state index in [0.717, 1.165) is 17.5 Å². The Balaban J connectivity index is 1.73. The maximum absolute atomic E-state index is 12.8. The first kappa shape index (κ1) is 17.7. The molecule has 3 heterocycles. The van der Waals surface area contributed by atoms with Crippen LogP contribution in [0.5, 0.6) is 0 Å². The smallest absolute Gasteiger partial charge is 0.390 e. The molecular formula is C19H17F3N4O. The molecule has 0 spiro atoms. The molecule has 1 aliphatic heterocycles. The number of alkyl halides is 3. The molecule has 3 N–H and O–H groups in total. The first-order valence-corrected chi connectivity index (χ1v) is 8.50. The molecule has 1 aliphatic rings. The summed E-state index contributed by atoms with van der Waals surface area (Å²) in [5.74, 6) is 0.585.